The quantitative estimate of drug-likeness (QED) is 0.252. The number of carbonyl (C=O) groups excluding carboxylic acids is 1. The van der Waals surface area contributed by atoms with Gasteiger partial charge in [0.25, 0.3) is 0 Å². The highest BCUT2D eigenvalue weighted by molar-refractivity contribution is 5.71. The first-order valence-corrected chi connectivity index (χ1v) is 9.38. The summed E-state index contributed by atoms with van der Waals surface area (Å²) in [5.74, 6) is 0.501. The van der Waals surface area contributed by atoms with Crippen LogP contribution in [0, 0.1) is 5.92 Å². The Balaban J connectivity index is 2.07. The molecule has 0 amide bonds. The van der Waals surface area contributed by atoms with Gasteiger partial charge >= 0.3 is 5.97 Å². The van der Waals surface area contributed by atoms with Crippen molar-refractivity contribution in [2.24, 2.45) is 5.92 Å². The van der Waals surface area contributed by atoms with Gasteiger partial charge in [-0.3, -0.25) is 4.79 Å². The fourth-order valence-electron chi connectivity index (χ4n) is 2.34. The van der Waals surface area contributed by atoms with E-state index in [1.165, 1.54) is 0 Å². The van der Waals surface area contributed by atoms with Gasteiger partial charge in [-0.05, 0) is 44.1 Å². The van der Waals surface area contributed by atoms with E-state index >= 15 is 0 Å². The molecule has 2 heteroatoms. The fraction of sp³-hybridized carbons (Fsp3) is 0.435. The average Bonchev–Trinajstić information content (AvgIpc) is 3.01. The molecule has 1 saturated heterocycles. The van der Waals surface area contributed by atoms with Crippen LogP contribution in [0.5, 0.6) is 0 Å². The van der Waals surface area contributed by atoms with E-state index in [0.717, 1.165) is 32.1 Å². The molecule has 1 rings (SSSR count). The molecule has 0 bridgehead atoms. The fourth-order valence-corrected chi connectivity index (χ4v) is 2.34. The maximum atomic E-state index is 10.9. The minimum absolute atomic E-state index is 0.0312. The summed E-state index contributed by atoms with van der Waals surface area (Å²) in [7, 11) is 0. The summed E-state index contributed by atoms with van der Waals surface area (Å²) < 4.78 is 5.10. The van der Waals surface area contributed by atoms with Crippen LogP contribution in [0.1, 0.15) is 52.4 Å². The number of esters is 1. The van der Waals surface area contributed by atoms with Gasteiger partial charge in [-0.1, -0.05) is 80.7 Å². The number of cyclic esters (lactones) is 1. The lowest BCUT2D eigenvalue weighted by atomic mass is 10.1. The van der Waals surface area contributed by atoms with Gasteiger partial charge in [0.1, 0.15) is 6.10 Å². The Morgan fingerprint density at radius 1 is 1.00 bits per heavy atom. The van der Waals surface area contributed by atoms with E-state index in [4.69, 9.17) is 4.74 Å². The van der Waals surface area contributed by atoms with E-state index < -0.39 is 0 Å². The summed E-state index contributed by atoms with van der Waals surface area (Å²) in [5.41, 5.74) is 0. The number of hydrogen-bond acceptors (Lipinski definition) is 2. The smallest absolute Gasteiger partial charge is 0.306 e. The summed E-state index contributed by atoms with van der Waals surface area (Å²) in [6.07, 6.45) is 30.9. The number of carbonyl (C=O) groups is 1. The molecule has 1 aliphatic heterocycles. The molecule has 0 aromatic carbocycles. The SMILES string of the molecule is CC/C=C\C[C@H](C)/C=C/C=C\C/C=C\C/C=C\C=C\C1CCC(=O)O1. The summed E-state index contributed by atoms with van der Waals surface area (Å²) >= 11 is 0. The Bertz CT molecular complexity index is 532. The topological polar surface area (TPSA) is 26.3 Å². The third-order valence-electron chi connectivity index (χ3n) is 3.80. The lowest BCUT2D eigenvalue weighted by molar-refractivity contribution is -0.139. The van der Waals surface area contributed by atoms with Crippen molar-refractivity contribution in [2.45, 2.75) is 58.5 Å². The van der Waals surface area contributed by atoms with E-state index in [1.807, 2.05) is 18.2 Å². The van der Waals surface area contributed by atoms with Crippen molar-refractivity contribution < 1.29 is 9.53 Å². The Hall–Kier alpha value is -2.09. The van der Waals surface area contributed by atoms with Gasteiger partial charge in [0.2, 0.25) is 0 Å². The van der Waals surface area contributed by atoms with Crippen LogP contribution in [-0.4, -0.2) is 12.1 Å². The van der Waals surface area contributed by atoms with Crippen LogP contribution in [0.25, 0.3) is 0 Å². The van der Waals surface area contributed by atoms with Crippen molar-refractivity contribution in [3.8, 4) is 0 Å². The second-order valence-electron chi connectivity index (χ2n) is 6.23. The van der Waals surface area contributed by atoms with Crippen LogP contribution in [0.4, 0.5) is 0 Å². The maximum Gasteiger partial charge on any atom is 0.306 e. The van der Waals surface area contributed by atoms with Gasteiger partial charge < -0.3 is 4.74 Å². The van der Waals surface area contributed by atoms with Gasteiger partial charge in [-0.25, -0.2) is 0 Å². The Kier molecular flexibility index (Phi) is 12.0. The molecule has 0 N–H and O–H groups in total. The predicted molar refractivity (Wildman–Crippen MR) is 107 cm³/mol. The summed E-state index contributed by atoms with van der Waals surface area (Å²) in [6, 6.07) is 0. The molecule has 2 atom stereocenters. The highest BCUT2D eigenvalue weighted by Gasteiger charge is 2.19. The molecule has 1 fully saturated rings. The van der Waals surface area contributed by atoms with Crippen molar-refractivity contribution in [2.75, 3.05) is 0 Å². The minimum atomic E-state index is -0.0905. The standard InChI is InChI=1S/C23H32O2/c1-3-4-13-16-21(2)17-14-11-9-7-5-6-8-10-12-15-18-22-19-20-23(24)25-22/h4-6,9-15,17-18,21-22H,3,7-8,16,19-20H2,1-2H3/b6-5-,11-9-,12-10-,13-4-,17-14+,18-15+/t21-,22?/m0/s1. The zero-order chi connectivity index (χ0) is 18.2. The summed E-state index contributed by atoms with van der Waals surface area (Å²) in [6.45, 7) is 4.40. The summed E-state index contributed by atoms with van der Waals surface area (Å²) in [4.78, 5) is 10.9. The average molecular weight is 341 g/mol. The van der Waals surface area contributed by atoms with Crippen molar-refractivity contribution in [1.29, 1.82) is 0 Å². The Labute approximate surface area is 153 Å². The zero-order valence-electron chi connectivity index (χ0n) is 15.6. The van der Waals surface area contributed by atoms with E-state index in [1.54, 1.807) is 0 Å². The monoisotopic (exact) mass is 340 g/mol. The molecule has 0 saturated carbocycles. The highest BCUT2D eigenvalue weighted by atomic mass is 16.5. The molecule has 1 unspecified atom stereocenters. The second-order valence-corrected chi connectivity index (χ2v) is 6.23. The molecule has 136 valence electrons. The number of allylic oxidation sites excluding steroid dienone is 11. The molecule has 2 nitrogen and oxygen atoms in total. The van der Waals surface area contributed by atoms with Gasteiger partial charge in [0.15, 0.2) is 0 Å². The van der Waals surface area contributed by atoms with Gasteiger partial charge in [-0.15, -0.1) is 0 Å². The van der Waals surface area contributed by atoms with Crippen LogP contribution in [0.3, 0.4) is 0 Å². The molecule has 1 aliphatic rings. The second kappa shape index (κ2) is 14.3. The van der Waals surface area contributed by atoms with Crippen LogP contribution in [0.15, 0.2) is 72.9 Å². The van der Waals surface area contributed by atoms with Crippen molar-refractivity contribution in [3.05, 3.63) is 72.9 Å². The molecular weight excluding hydrogens is 308 g/mol. The third-order valence-corrected chi connectivity index (χ3v) is 3.80. The first-order chi connectivity index (χ1) is 12.2. The molecule has 0 spiro atoms. The Morgan fingerprint density at radius 3 is 2.36 bits per heavy atom. The molecule has 0 aromatic rings. The van der Waals surface area contributed by atoms with E-state index in [9.17, 15) is 4.79 Å². The zero-order valence-corrected chi connectivity index (χ0v) is 15.6. The van der Waals surface area contributed by atoms with E-state index in [2.05, 4.69) is 68.5 Å². The van der Waals surface area contributed by atoms with Crippen LogP contribution >= 0.6 is 0 Å². The van der Waals surface area contributed by atoms with Crippen molar-refractivity contribution >= 4 is 5.97 Å². The molecule has 0 aromatic heterocycles. The van der Waals surface area contributed by atoms with Gasteiger partial charge in [0.05, 0.1) is 0 Å². The lowest BCUT2D eigenvalue weighted by Crippen LogP contribution is -2.01. The molecular formula is C23H32O2. The highest BCUT2D eigenvalue weighted by Crippen LogP contribution is 2.14. The first-order valence-electron chi connectivity index (χ1n) is 9.38. The molecule has 0 radical (unpaired) electrons. The van der Waals surface area contributed by atoms with E-state index in [0.29, 0.717) is 12.3 Å². The van der Waals surface area contributed by atoms with Crippen LogP contribution in [0.2, 0.25) is 0 Å². The van der Waals surface area contributed by atoms with Crippen LogP contribution < -0.4 is 0 Å². The minimum Gasteiger partial charge on any atom is -0.458 e. The van der Waals surface area contributed by atoms with Crippen molar-refractivity contribution in [1.82, 2.24) is 0 Å². The summed E-state index contributed by atoms with van der Waals surface area (Å²) in [5, 5.41) is 0. The predicted octanol–water partition coefficient (Wildman–Crippen LogP) is 6.25. The van der Waals surface area contributed by atoms with Crippen LogP contribution in [-0.2, 0) is 9.53 Å². The molecule has 0 aliphatic carbocycles. The number of hydrogen-bond donors (Lipinski definition) is 0. The lowest BCUT2D eigenvalue weighted by Gasteiger charge is -1.99. The van der Waals surface area contributed by atoms with Gasteiger partial charge in [-0.2, -0.15) is 0 Å². The van der Waals surface area contributed by atoms with Crippen molar-refractivity contribution in [3.63, 3.8) is 0 Å². The molecule has 25 heavy (non-hydrogen) atoms. The first kappa shape index (κ1) is 21.0. The maximum absolute atomic E-state index is 10.9. The Morgan fingerprint density at radius 2 is 1.72 bits per heavy atom. The number of rotatable bonds is 11. The third kappa shape index (κ3) is 12.0. The molecule has 1 heterocycles. The largest absolute Gasteiger partial charge is 0.458 e. The number of ether oxygens (including phenoxy) is 1. The van der Waals surface area contributed by atoms with Gasteiger partial charge in [0, 0.05) is 6.42 Å². The normalized spacial score (nSPS) is 20.4. The van der Waals surface area contributed by atoms with E-state index in [-0.39, 0.29) is 12.1 Å².